The summed E-state index contributed by atoms with van der Waals surface area (Å²) in [6.45, 7) is 0. The molecule has 2 N–H and O–H groups in total. The summed E-state index contributed by atoms with van der Waals surface area (Å²) in [5, 5.41) is 8.56. The lowest BCUT2D eigenvalue weighted by atomic mass is 10.4. The zero-order chi connectivity index (χ0) is 10.1. The van der Waals surface area contributed by atoms with Crippen LogP contribution in [0.5, 0.6) is 0 Å². The van der Waals surface area contributed by atoms with Crippen LogP contribution in [-0.2, 0) is 11.2 Å². The maximum Gasteiger partial charge on any atom is 0.311 e. The van der Waals surface area contributed by atoms with E-state index in [-0.39, 0.29) is 6.42 Å². The Morgan fingerprint density at radius 1 is 1.64 bits per heavy atom. The van der Waals surface area contributed by atoms with E-state index in [1.807, 2.05) is 0 Å². The Morgan fingerprint density at radius 2 is 2.43 bits per heavy atom. The fourth-order valence-corrected chi connectivity index (χ4v) is 1.48. The van der Waals surface area contributed by atoms with Crippen LogP contribution < -0.4 is 0 Å². The topological polar surface area (TPSA) is 78.9 Å². The summed E-state index contributed by atoms with van der Waals surface area (Å²) in [6, 6.07) is 1.81. The lowest BCUT2D eigenvalue weighted by Crippen LogP contribution is -2.01. The molecule has 0 aromatic carbocycles. The highest BCUT2D eigenvalue weighted by Gasteiger charge is 2.07. The van der Waals surface area contributed by atoms with E-state index in [0.29, 0.717) is 11.5 Å². The third-order valence-electron chi connectivity index (χ3n) is 1.67. The number of halogens is 1. The Hall–Kier alpha value is -1.43. The van der Waals surface area contributed by atoms with Crippen LogP contribution in [0.15, 0.2) is 16.7 Å². The van der Waals surface area contributed by atoms with Crippen molar-refractivity contribution >= 4 is 33.1 Å². The summed E-state index contributed by atoms with van der Waals surface area (Å²) >= 11 is 3.27. The van der Waals surface area contributed by atoms with Gasteiger partial charge < -0.3 is 10.1 Å². The van der Waals surface area contributed by atoms with Crippen LogP contribution in [0.3, 0.4) is 0 Å². The molecular formula is C8H6BrN3O2. The van der Waals surface area contributed by atoms with E-state index in [2.05, 4.69) is 30.9 Å². The van der Waals surface area contributed by atoms with Crippen LogP contribution in [0.2, 0.25) is 0 Å². The number of imidazole rings is 1. The average Bonchev–Trinajstić information content (AvgIpc) is 2.44. The van der Waals surface area contributed by atoms with Gasteiger partial charge in [0.2, 0.25) is 0 Å². The van der Waals surface area contributed by atoms with Gasteiger partial charge in [0.05, 0.1) is 5.52 Å². The normalized spacial score (nSPS) is 10.6. The quantitative estimate of drug-likeness (QED) is 0.849. The minimum atomic E-state index is -0.914. The Morgan fingerprint density at radius 3 is 3.14 bits per heavy atom. The largest absolute Gasteiger partial charge is 0.481 e. The van der Waals surface area contributed by atoms with E-state index < -0.39 is 5.97 Å². The molecule has 2 heterocycles. The standard InChI is InChI=1S/C8H6BrN3O2/c9-4-1-5-8(10-3-4)12-6(11-5)2-7(13)14/h1,3H,2H2,(H,13,14)(H,10,11,12). The van der Waals surface area contributed by atoms with Gasteiger partial charge in [-0.1, -0.05) is 0 Å². The third-order valence-corrected chi connectivity index (χ3v) is 2.11. The molecule has 5 nitrogen and oxygen atoms in total. The molecular weight excluding hydrogens is 250 g/mol. The molecule has 0 saturated heterocycles. The molecule has 6 heteroatoms. The molecule has 2 rings (SSSR count). The Labute approximate surface area is 87.3 Å². The van der Waals surface area contributed by atoms with Crippen molar-refractivity contribution in [1.82, 2.24) is 15.0 Å². The van der Waals surface area contributed by atoms with Crippen molar-refractivity contribution in [3.8, 4) is 0 Å². The zero-order valence-electron chi connectivity index (χ0n) is 6.99. The number of aliphatic carboxylic acids is 1. The number of carboxylic acid groups (broad SMARTS) is 1. The van der Waals surface area contributed by atoms with Gasteiger partial charge in [0.1, 0.15) is 12.2 Å². The summed E-state index contributed by atoms with van der Waals surface area (Å²) in [7, 11) is 0. The molecule has 2 aromatic rings. The molecule has 0 aliphatic rings. The number of carbonyl (C=O) groups is 1. The average molecular weight is 256 g/mol. The fraction of sp³-hybridized carbons (Fsp3) is 0.125. The van der Waals surface area contributed by atoms with E-state index in [4.69, 9.17) is 5.11 Å². The third kappa shape index (κ3) is 1.74. The molecule has 0 amide bonds. The number of pyridine rings is 1. The molecule has 0 radical (unpaired) electrons. The van der Waals surface area contributed by atoms with E-state index in [9.17, 15) is 4.79 Å². The van der Waals surface area contributed by atoms with E-state index in [1.165, 1.54) is 0 Å². The Bertz CT molecular complexity index is 494. The monoisotopic (exact) mass is 255 g/mol. The first-order chi connectivity index (χ1) is 6.65. The second-order valence-corrected chi connectivity index (χ2v) is 3.69. The minimum absolute atomic E-state index is 0.117. The lowest BCUT2D eigenvalue weighted by molar-refractivity contribution is -0.136. The van der Waals surface area contributed by atoms with Crippen molar-refractivity contribution in [2.24, 2.45) is 0 Å². The summed E-state index contributed by atoms with van der Waals surface area (Å²) in [5.41, 5.74) is 1.26. The molecule has 0 saturated carbocycles. The SMILES string of the molecule is O=C(O)Cc1nc2ncc(Br)cc2[nH]1. The van der Waals surface area contributed by atoms with Gasteiger partial charge in [-0.25, -0.2) is 9.97 Å². The summed E-state index contributed by atoms with van der Waals surface area (Å²) in [5.74, 6) is -0.499. The number of nitrogens with zero attached hydrogens (tertiary/aromatic N) is 2. The number of hydrogen-bond acceptors (Lipinski definition) is 3. The van der Waals surface area contributed by atoms with Crippen molar-refractivity contribution in [3.63, 3.8) is 0 Å². The van der Waals surface area contributed by atoms with Crippen molar-refractivity contribution < 1.29 is 9.90 Å². The number of aromatic nitrogens is 3. The van der Waals surface area contributed by atoms with E-state index in [0.717, 1.165) is 9.99 Å². The van der Waals surface area contributed by atoms with E-state index >= 15 is 0 Å². The molecule has 0 aliphatic heterocycles. The predicted molar refractivity (Wildman–Crippen MR) is 52.9 cm³/mol. The summed E-state index contributed by atoms with van der Waals surface area (Å²) in [4.78, 5) is 21.4. The first kappa shape index (κ1) is 9.14. The van der Waals surface area contributed by atoms with Gasteiger partial charge >= 0.3 is 5.97 Å². The number of H-pyrrole nitrogens is 1. The number of fused-ring (bicyclic) bond motifs is 1. The van der Waals surface area contributed by atoms with Crippen LogP contribution in [0.25, 0.3) is 11.2 Å². The van der Waals surface area contributed by atoms with Crippen LogP contribution in [0, 0.1) is 0 Å². The highest BCUT2D eigenvalue weighted by Crippen LogP contribution is 2.15. The van der Waals surface area contributed by atoms with E-state index in [1.54, 1.807) is 12.3 Å². The molecule has 0 atom stereocenters. The van der Waals surface area contributed by atoms with Gasteiger partial charge in [0.25, 0.3) is 0 Å². The zero-order valence-corrected chi connectivity index (χ0v) is 8.58. The number of rotatable bonds is 2. The lowest BCUT2D eigenvalue weighted by Gasteiger charge is -1.87. The second kappa shape index (κ2) is 3.38. The minimum Gasteiger partial charge on any atom is -0.481 e. The Balaban J connectivity index is 2.46. The van der Waals surface area contributed by atoms with Crippen LogP contribution in [0.1, 0.15) is 5.82 Å². The van der Waals surface area contributed by atoms with Gasteiger partial charge in [-0.3, -0.25) is 4.79 Å². The molecule has 14 heavy (non-hydrogen) atoms. The molecule has 0 bridgehead atoms. The summed E-state index contributed by atoms with van der Waals surface area (Å²) < 4.78 is 0.829. The first-order valence-electron chi connectivity index (χ1n) is 3.87. The smallest absolute Gasteiger partial charge is 0.311 e. The number of carboxylic acids is 1. The van der Waals surface area contributed by atoms with Gasteiger partial charge in [0.15, 0.2) is 5.65 Å². The number of aromatic amines is 1. The molecule has 0 aliphatic carbocycles. The molecule has 2 aromatic heterocycles. The van der Waals surface area contributed by atoms with Gasteiger partial charge in [-0.15, -0.1) is 0 Å². The predicted octanol–water partition coefficient (Wildman–Crippen LogP) is 1.35. The van der Waals surface area contributed by atoms with Gasteiger partial charge in [0, 0.05) is 10.7 Å². The van der Waals surface area contributed by atoms with Crippen molar-refractivity contribution in [3.05, 3.63) is 22.6 Å². The Kier molecular flexibility index (Phi) is 2.20. The van der Waals surface area contributed by atoms with Crippen LogP contribution >= 0.6 is 15.9 Å². The van der Waals surface area contributed by atoms with Crippen LogP contribution in [0.4, 0.5) is 0 Å². The molecule has 0 spiro atoms. The molecule has 72 valence electrons. The number of hydrogen-bond donors (Lipinski definition) is 2. The first-order valence-corrected chi connectivity index (χ1v) is 4.66. The maximum atomic E-state index is 10.4. The van der Waals surface area contributed by atoms with Gasteiger partial charge in [-0.2, -0.15) is 0 Å². The van der Waals surface area contributed by atoms with Crippen molar-refractivity contribution in [2.75, 3.05) is 0 Å². The molecule has 0 unspecified atom stereocenters. The van der Waals surface area contributed by atoms with Crippen molar-refractivity contribution in [2.45, 2.75) is 6.42 Å². The fourth-order valence-electron chi connectivity index (χ4n) is 1.15. The second-order valence-electron chi connectivity index (χ2n) is 2.78. The highest BCUT2D eigenvalue weighted by molar-refractivity contribution is 9.10. The van der Waals surface area contributed by atoms with Gasteiger partial charge in [-0.05, 0) is 22.0 Å². The maximum absolute atomic E-state index is 10.4. The highest BCUT2D eigenvalue weighted by atomic mass is 79.9. The van der Waals surface area contributed by atoms with Crippen molar-refractivity contribution in [1.29, 1.82) is 0 Å². The van der Waals surface area contributed by atoms with Crippen LogP contribution in [-0.4, -0.2) is 26.0 Å². The molecule has 0 fully saturated rings. The summed E-state index contributed by atoms with van der Waals surface area (Å²) in [6.07, 6.45) is 1.50. The number of nitrogens with one attached hydrogen (secondary N) is 1.